The van der Waals surface area contributed by atoms with Gasteiger partial charge in [-0.25, -0.2) is 14.4 Å². The molecule has 8 nitrogen and oxygen atoms in total. The topological polar surface area (TPSA) is 103 Å². The zero-order valence-corrected chi connectivity index (χ0v) is 17.8. The molecule has 1 aliphatic heterocycles. The summed E-state index contributed by atoms with van der Waals surface area (Å²) >= 11 is 6.12. The summed E-state index contributed by atoms with van der Waals surface area (Å²) in [6, 6.07) is 7.11. The van der Waals surface area contributed by atoms with Crippen LogP contribution in [0, 0.1) is 5.82 Å². The molecule has 170 valence electrons. The Hall–Kier alpha value is -2.72. The molecule has 0 bridgehead atoms. The number of hydrogen-bond donors (Lipinski definition) is 2. The number of aliphatic hydroxyl groups excluding tert-OH is 2. The van der Waals surface area contributed by atoms with Crippen molar-refractivity contribution >= 4 is 22.5 Å². The van der Waals surface area contributed by atoms with Crippen LogP contribution < -0.4 is 14.2 Å². The number of nitrogens with zero attached hydrogens (tertiary/aromatic N) is 2. The first-order valence-electron chi connectivity index (χ1n) is 10.1. The molecular formula is C22H22ClFN2O6. The van der Waals surface area contributed by atoms with Crippen LogP contribution in [0.5, 0.6) is 23.1 Å². The first kappa shape index (κ1) is 22.5. The Balaban J connectivity index is 1.73. The van der Waals surface area contributed by atoms with Gasteiger partial charge in [0.05, 0.1) is 30.4 Å². The summed E-state index contributed by atoms with van der Waals surface area (Å²) in [6.45, 7) is 0.662. The third-order valence-electron chi connectivity index (χ3n) is 4.86. The lowest BCUT2D eigenvalue weighted by molar-refractivity contribution is 0.0259. The largest absolute Gasteiger partial charge is 0.491 e. The van der Waals surface area contributed by atoms with Crippen molar-refractivity contribution in [2.45, 2.75) is 25.0 Å². The summed E-state index contributed by atoms with van der Waals surface area (Å²) in [5, 5.41) is 19.2. The summed E-state index contributed by atoms with van der Waals surface area (Å²) < 4.78 is 36.6. The molecule has 1 aromatic heterocycles. The van der Waals surface area contributed by atoms with Crippen LogP contribution in [-0.4, -0.2) is 58.8 Å². The van der Waals surface area contributed by atoms with Gasteiger partial charge in [-0.3, -0.25) is 0 Å². The second-order valence-corrected chi connectivity index (χ2v) is 7.66. The number of aliphatic hydroxyl groups is 2. The molecule has 1 saturated heterocycles. The van der Waals surface area contributed by atoms with Crippen molar-refractivity contribution in [2.24, 2.45) is 0 Å². The maximum absolute atomic E-state index is 13.4. The fourth-order valence-corrected chi connectivity index (χ4v) is 3.44. The fourth-order valence-electron chi connectivity index (χ4n) is 3.24. The highest BCUT2D eigenvalue weighted by Gasteiger charge is 2.21. The van der Waals surface area contributed by atoms with E-state index >= 15 is 0 Å². The van der Waals surface area contributed by atoms with E-state index in [4.69, 9.17) is 35.7 Å². The van der Waals surface area contributed by atoms with E-state index in [0.717, 1.165) is 6.07 Å². The molecule has 1 fully saturated rings. The monoisotopic (exact) mass is 464 g/mol. The van der Waals surface area contributed by atoms with Gasteiger partial charge in [-0.2, -0.15) is 0 Å². The van der Waals surface area contributed by atoms with Crippen LogP contribution in [-0.2, 0) is 4.74 Å². The minimum absolute atomic E-state index is 0.0901. The third-order valence-corrected chi connectivity index (χ3v) is 5.15. The van der Waals surface area contributed by atoms with Crippen molar-refractivity contribution in [2.75, 3.05) is 26.4 Å². The van der Waals surface area contributed by atoms with Crippen molar-refractivity contribution in [1.29, 1.82) is 0 Å². The Labute approximate surface area is 188 Å². The minimum atomic E-state index is -1.02. The molecular weight excluding hydrogens is 443 g/mol. The predicted molar refractivity (Wildman–Crippen MR) is 114 cm³/mol. The molecule has 32 heavy (non-hydrogen) atoms. The van der Waals surface area contributed by atoms with Crippen LogP contribution in [0.1, 0.15) is 12.8 Å². The van der Waals surface area contributed by atoms with Crippen LogP contribution in [0.4, 0.5) is 4.39 Å². The van der Waals surface area contributed by atoms with Crippen LogP contribution in [0.2, 0.25) is 5.02 Å². The SMILES string of the molecule is OC[C@@H](O)COc1cc(OC2CCOCC2)c2c(Oc3ccc(F)cc3Cl)ncnc2c1. The normalized spacial score (nSPS) is 15.5. The van der Waals surface area contributed by atoms with Gasteiger partial charge < -0.3 is 29.2 Å². The summed E-state index contributed by atoms with van der Waals surface area (Å²) in [7, 11) is 0. The van der Waals surface area contributed by atoms with Crippen molar-refractivity contribution in [3.8, 4) is 23.1 Å². The van der Waals surface area contributed by atoms with Gasteiger partial charge in [0.15, 0.2) is 0 Å². The lowest BCUT2D eigenvalue weighted by Crippen LogP contribution is -2.26. The Morgan fingerprint density at radius 3 is 2.72 bits per heavy atom. The number of rotatable bonds is 8. The molecule has 0 spiro atoms. The second-order valence-electron chi connectivity index (χ2n) is 7.25. The number of aromatic nitrogens is 2. The second kappa shape index (κ2) is 10.3. The van der Waals surface area contributed by atoms with Crippen molar-refractivity contribution in [3.05, 3.63) is 47.5 Å². The zero-order valence-electron chi connectivity index (χ0n) is 17.0. The Morgan fingerprint density at radius 1 is 1.16 bits per heavy atom. The molecule has 2 N–H and O–H groups in total. The van der Waals surface area contributed by atoms with Gasteiger partial charge in [0, 0.05) is 25.0 Å². The molecule has 0 amide bonds. The van der Waals surface area contributed by atoms with Crippen LogP contribution in [0.15, 0.2) is 36.7 Å². The van der Waals surface area contributed by atoms with E-state index < -0.39 is 18.5 Å². The zero-order chi connectivity index (χ0) is 22.5. The minimum Gasteiger partial charge on any atom is -0.491 e. The van der Waals surface area contributed by atoms with Gasteiger partial charge in [-0.15, -0.1) is 0 Å². The summed E-state index contributed by atoms with van der Waals surface area (Å²) in [4.78, 5) is 8.53. The first-order chi connectivity index (χ1) is 15.5. The molecule has 4 rings (SSSR count). The molecule has 0 unspecified atom stereocenters. The highest BCUT2D eigenvalue weighted by molar-refractivity contribution is 6.32. The van der Waals surface area contributed by atoms with E-state index in [-0.39, 0.29) is 29.4 Å². The number of benzene rings is 2. The Kier molecular flexibility index (Phi) is 7.21. The Morgan fingerprint density at radius 2 is 1.97 bits per heavy atom. The highest BCUT2D eigenvalue weighted by atomic mass is 35.5. The van der Waals surface area contributed by atoms with E-state index in [0.29, 0.717) is 48.5 Å². The molecule has 2 heterocycles. The third kappa shape index (κ3) is 5.36. The quantitative estimate of drug-likeness (QED) is 0.522. The van der Waals surface area contributed by atoms with Crippen LogP contribution in [0.3, 0.4) is 0 Å². The van der Waals surface area contributed by atoms with E-state index in [1.54, 1.807) is 12.1 Å². The van der Waals surface area contributed by atoms with E-state index in [1.165, 1.54) is 18.5 Å². The number of hydrogen-bond acceptors (Lipinski definition) is 8. The first-order valence-corrected chi connectivity index (χ1v) is 10.5. The van der Waals surface area contributed by atoms with Gasteiger partial charge in [-0.05, 0) is 18.2 Å². The van der Waals surface area contributed by atoms with Gasteiger partial charge in [0.25, 0.3) is 0 Å². The van der Waals surface area contributed by atoms with Crippen LogP contribution >= 0.6 is 11.6 Å². The molecule has 1 aliphatic rings. The molecule has 0 saturated carbocycles. The van der Waals surface area contributed by atoms with Crippen LogP contribution in [0.25, 0.3) is 10.9 Å². The predicted octanol–water partition coefficient (Wildman–Crippen LogP) is 3.50. The highest BCUT2D eigenvalue weighted by Crippen LogP contribution is 2.39. The van der Waals surface area contributed by atoms with Crippen molar-refractivity contribution in [3.63, 3.8) is 0 Å². The van der Waals surface area contributed by atoms with Crippen molar-refractivity contribution in [1.82, 2.24) is 9.97 Å². The molecule has 3 aromatic rings. The molecule has 2 aromatic carbocycles. The van der Waals surface area contributed by atoms with Gasteiger partial charge in [0.2, 0.25) is 5.88 Å². The summed E-state index contributed by atoms with van der Waals surface area (Å²) in [5.41, 5.74) is 0.478. The smallest absolute Gasteiger partial charge is 0.234 e. The van der Waals surface area contributed by atoms with E-state index in [9.17, 15) is 9.50 Å². The maximum Gasteiger partial charge on any atom is 0.234 e. The fraction of sp³-hybridized carbons (Fsp3) is 0.364. The molecule has 0 aliphatic carbocycles. The van der Waals surface area contributed by atoms with Crippen molar-refractivity contribution < 1.29 is 33.6 Å². The number of halogens is 2. The maximum atomic E-state index is 13.4. The molecule has 0 radical (unpaired) electrons. The number of ether oxygens (including phenoxy) is 4. The molecule has 10 heteroatoms. The molecule has 1 atom stereocenters. The summed E-state index contributed by atoms with van der Waals surface area (Å²) in [6.07, 6.45) is 1.63. The average molecular weight is 465 g/mol. The number of fused-ring (bicyclic) bond motifs is 1. The summed E-state index contributed by atoms with van der Waals surface area (Å²) in [5.74, 6) is 0.766. The van der Waals surface area contributed by atoms with Gasteiger partial charge in [-0.1, -0.05) is 11.6 Å². The van der Waals surface area contributed by atoms with E-state index in [2.05, 4.69) is 9.97 Å². The van der Waals surface area contributed by atoms with Gasteiger partial charge in [0.1, 0.15) is 53.6 Å². The lowest BCUT2D eigenvalue weighted by Gasteiger charge is -2.24. The van der Waals surface area contributed by atoms with Gasteiger partial charge >= 0.3 is 0 Å². The average Bonchev–Trinajstić information content (AvgIpc) is 2.80. The standard InChI is InChI=1S/C22H22ClFN2O6/c23-17-7-13(24)1-2-19(17)32-22-21-18(25-12-26-22)8-16(30-11-14(28)10-27)9-20(21)31-15-3-5-29-6-4-15/h1-2,7-9,12,14-15,27-28H,3-6,10-11H2/t14-/m1/s1. The van der Waals surface area contributed by atoms with E-state index in [1.807, 2.05) is 0 Å². The lowest BCUT2D eigenvalue weighted by atomic mass is 10.1. The Bertz CT molecular complexity index is 1080.